The van der Waals surface area contributed by atoms with Crippen molar-refractivity contribution in [3.05, 3.63) is 12.2 Å². The third-order valence-corrected chi connectivity index (χ3v) is 4.69. The Balaban J connectivity index is 1.64. The average molecular weight is 277 g/mol. The maximum atomic E-state index is 12.5. The normalized spacial score (nSPS) is 43.3. The number of nitrogens with zero attached hydrogens (tertiary/aromatic N) is 1. The number of ether oxygens (including phenoxy) is 2. The van der Waals surface area contributed by atoms with E-state index in [2.05, 4.69) is 0 Å². The number of imide groups is 1. The molecule has 2 amide bonds. The molecule has 0 spiro atoms. The van der Waals surface area contributed by atoms with Crippen LogP contribution in [0.4, 0.5) is 0 Å². The van der Waals surface area contributed by atoms with Crippen molar-refractivity contribution >= 4 is 17.6 Å². The predicted octanol–water partition coefficient (Wildman–Crippen LogP) is 0.0205. The number of carbonyl (C=O) groups is 3. The van der Waals surface area contributed by atoms with Crippen LogP contribution < -0.4 is 0 Å². The van der Waals surface area contributed by atoms with E-state index in [1.54, 1.807) is 0 Å². The zero-order valence-electron chi connectivity index (χ0n) is 10.9. The molecule has 3 fully saturated rings. The minimum absolute atomic E-state index is 0.152. The molecule has 3 heterocycles. The van der Waals surface area contributed by atoms with Crippen LogP contribution in [0.5, 0.6) is 0 Å². The van der Waals surface area contributed by atoms with Gasteiger partial charge in [-0.15, -0.1) is 0 Å². The van der Waals surface area contributed by atoms with E-state index in [4.69, 9.17) is 9.47 Å². The molecule has 3 saturated heterocycles. The maximum Gasteiger partial charge on any atom is 0.233 e. The molecular weight excluding hydrogens is 262 g/mol. The summed E-state index contributed by atoms with van der Waals surface area (Å²) in [5.41, 5.74) is 0. The van der Waals surface area contributed by atoms with Crippen LogP contribution in [0.1, 0.15) is 19.3 Å². The molecule has 0 radical (unpaired) electrons. The quantitative estimate of drug-likeness (QED) is 0.499. The van der Waals surface area contributed by atoms with Gasteiger partial charge in [-0.1, -0.05) is 12.2 Å². The fourth-order valence-electron chi connectivity index (χ4n) is 3.63. The molecule has 106 valence electrons. The number of carbonyl (C=O) groups excluding carboxylic acids is 3. The number of likely N-dealkylation sites (tertiary alicyclic amines) is 1. The second-order valence-corrected chi connectivity index (χ2v) is 5.78. The van der Waals surface area contributed by atoms with E-state index in [1.807, 2.05) is 12.2 Å². The Kier molecular flexibility index (Phi) is 2.59. The summed E-state index contributed by atoms with van der Waals surface area (Å²) < 4.78 is 10.7. The summed E-state index contributed by atoms with van der Waals surface area (Å²) in [6, 6.07) is -0.494. The first-order valence-electron chi connectivity index (χ1n) is 6.98. The van der Waals surface area contributed by atoms with E-state index < -0.39 is 12.3 Å². The van der Waals surface area contributed by atoms with Crippen LogP contribution in [-0.2, 0) is 23.9 Å². The van der Waals surface area contributed by atoms with Gasteiger partial charge in [0.15, 0.2) is 5.78 Å². The van der Waals surface area contributed by atoms with Gasteiger partial charge >= 0.3 is 0 Å². The van der Waals surface area contributed by atoms with Gasteiger partial charge in [0.1, 0.15) is 6.10 Å². The van der Waals surface area contributed by atoms with E-state index >= 15 is 0 Å². The Bertz CT molecular complexity index is 502. The molecule has 2 bridgehead atoms. The van der Waals surface area contributed by atoms with Crippen molar-refractivity contribution in [1.29, 1.82) is 0 Å². The van der Waals surface area contributed by atoms with Crippen LogP contribution in [0, 0.1) is 11.8 Å². The van der Waals surface area contributed by atoms with Gasteiger partial charge in [-0.25, -0.2) is 0 Å². The Morgan fingerprint density at radius 3 is 2.35 bits per heavy atom. The van der Waals surface area contributed by atoms with Gasteiger partial charge in [-0.05, 0) is 12.8 Å². The van der Waals surface area contributed by atoms with Gasteiger partial charge in [-0.2, -0.15) is 0 Å². The van der Waals surface area contributed by atoms with Gasteiger partial charge in [0, 0.05) is 6.42 Å². The van der Waals surface area contributed by atoms with Crippen molar-refractivity contribution in [2.45, 2.75) is 37.7 Å². The number of fused-ring (bicyclic) bond motifs is 3. The van der Waals surface area contributed by atoms with Crippen molar-refractivity contribution in [3.63, 3.8) is 0 Å². The average Bonchev–Trinajstić information content (AvgIpc) is 2.99. The highest BCUT2D eigenvalue weighted by atomic mass is 16.7. The predicted molar refractivity (Wildman–Crippen MR) is 65.2 cm³/mol. The van der Waals surface area contributed by atoms with Gasteiger partial charge in [0.05, 0.1) is 24.5 Å². The largest absolute Gasteiger partial charge is 0.343 e. The molecule has 4 aliphatic rings. The first kappa shape index (κ1) is 12.2. The summed E-state index contributed by atoms with van der Waals surface area (Å²) in [5.74, 6) is -1.02. The first-order chi connectivity index (χ1) is 9.66. The molecule has 0 aromatic rings. The van der Waals surface area contributed by atoms with Gasteiger partial charge in [-0.3, -0.25) is 19.3 Å². The van der Waals surface area contributed by atoms with E-state index in [9.17, 15) is 14.4 Å². The lowest BCUT2D eigenvalue weighted by Gasteiger charge is -2.32. The standard InChI is InChI=1S/C14H15NO5/c16-10-5-9(11-6-19-14(10)20-11)15-12(17)7-3-1-2-4-8(7)13(15)18/h1-2,7-9,11,14H,3-6H2/t7?,8?,9-,11+,14+/m0/s1. The van der Waals surface area contributed by atoms with Gasteiger partial charge in [0.25, 0.3) is 0 Å². The highest BCUT2D eigenvalue weighted by molar-refractivity contribution is 6.06. The second kappa shape index (κ2) is 4.23. The molecule has 6 heteroatoms. The molecule has 3 aliphatic heterocycles. The molecule has 4 rings (SSSR count). The first-order valence-corrected chi connectivity index (χ1v) is 6.98. The maximum absolute atomic E-state index is 12.5. The molecule has 0 saturated carbocycles. The molecule has 1 aliphatic carbocycles. The van der Waals surface area contributed by atoms with Crippen molar-refractivity contribution < 1.29 is 23.9 Å². The number of rotatable bonds is 1. The lowest BCUT2D eigenvalue weighted by molar-refractivity contribution is -0.163. The topological polar surface area (TPSA) is 72.9 Å². The third-order valence-electron chi connectivity index (χ3n) is 4.69. The monoisotopic (exact) mass is 277 g/mol. The second-order valence-electron chi connectivity index (χ2n) is 5.78. The Hall–Kier alpha value is -1.53. The van der Waals surface area contributed by atoms with Crippen molar-refractivity contribution in [2.75, 3.05) is 6.61 Å². The van der Waals surface area contributed by atoms with Crippen LogP contribution in [0.25, 0.3) is 0 Å². The molecule has 5 atom stereocenters. The van der Waals surface area contributed by atoms with Crippen LogP contribution in [-0.4, -0.2) is 47.5 Å². The van der Waals surface area contributed by atoms with Gasteiger partial charge in [0.2, 0.25) is 18.1 Å². The minimum atomic E-state index is -0.798. The van der Waals surface area contributed by atoms with Crippen LogP contribution in [0.3, 0.4) is 0 Å². The Labute approximate surface area is 115 Å². The number of ketones is 1. The van der Waals surface area contributed by atoms with Gasteiger partial charge < -0.3 is 9.47 Å². The van der Waals surface area contributed by atoms with Crippen molar-refractivity contribution in [1.82, 2.24) is 4.90 Å². The fraction of sp³-hybridized carbons (Fsp3) is 0.643. The number of allylic oxidation sites excluding steroid dienone is 2. The van der Waals surface area contributed by atoms with E-state index in [0.29, 0.717) is 12.8 Å². The Morgan fingerprint density at radius 2 is 1.70 bits per heavy atom. The third kappa shape index (κ3) is 1.55. The molecular formula is C14H15NO5. The summed E-state index contributed by atoms with van der Waals surface area (Å²) in [4.78, 5) is 38.1. The molecule has 0 N–H and O–H groups in total. The molecule has 2 unspecified atom stereocenters. The summed E-state index contributed by atoms with van der Waals surface area (Å²) >= 11 is 0. The Morgan fingerprint density at radius 1 is 1.05 bits per heavy atom. The SMILES string of the molecule is O=C1C[C@H](N2C(=O)C3CC=CCC3C2=O)[C@H]2CO[C@@H]1O2. The van der Waals surface area contributed by atoms with E-state index in [-0.39, 0.29) is 48.6 Å². The smallest absolute Gasteiger partial charge is 0.233 e. The van der Waals surface area contributed by atoms with E-state index in [0.717, 1.165) is 0 Å². The number of amides is 2. The van der Waals surface area contributed by atoms with Crippen LogP contribution >= 0.6 is 0 Å². The molecule has 0 aromatic heterocycles. The molecule has 20 heavy (non-hydrogen) atoms. The zero-order chi connectivity index (χ0) is 13.9. The van der Waals surface area contributed by atoms with Crippen LogP contribution in [0.2, 0.25) is 0 Å². The highest BCUT2D eigenvalue weighted by Gasteiger charge is 2.55. The van der Waals surface area contributed by atoms with Crippen molar-refractivity contribution in [3.8, 4) is 0 Å². The lowest BCUT2D eigenvalue weighted by atomic mass is 9.85. The molecule has 0 aromatic carbocycles. The lowest BCUT2D eigenvalue weighted by Crippen LogP contribution is -2.52. The number of hydrogen-bond donors (Lipinski definition) is 0. The highest BCUT2D eigenvalue weighted by Crippen LogP contribution is 2.39. The zero-order valence-corrected chi connectivity index (χ0v) is 10.9. The number of hydrogen-bond acceptors (Lipinski definition) is 5. The summed E-state index contributed by atoms with van der Waals surface area (Å²) in [6.07, 6.45) is 4.11. The van der Waals surface area contributed by atoms with E-state index in [1.165, 1.54) is 4.90 Å². The summed E-state index contributed by atoms with van der Waals surface area (Å²) in [6.45, 7) is 0.270. The van der Waals surface area contributed by atoms with Crippen molar-refractivity contribution in [2.24, 2.45) is 11.8 Å². The summed E-state index contributed by atoms with van der Waals surface area (Å²) in [5, 5.41) is 0. The fourth-order valence-corrected chi connectivity index (χ4v) is 3.63. The number of Topliss-reactive ketones (excluding diaryl/α,β-unsaturated/α-hetero) is 1. The van der Waals surface area contributed by atoms with Crippen LogP contribution in [0.15, 0.2) is 12.2 Å². The molecule has 6 nitrogen and oxygen atoms in total. The summed E-state index contributed by atoms with van der Waals surface area (Å²) in [7, 11) is 0. The minimum Gasteiger partial charge on any atom is -0.343 e.